The van der Waals surface area contributed by atoms with E-state index in [0.29, 0.717) is 11.8 Å². The van der Waals surface area contributed by atoms with Crippen molar-refractivity contribution in [2.45, 2.75) is 33.1 Å². The normalized spacial score (nSPS) is 26.5. The average Bonchev–Trinajstić information content (AvgIpc) is 2.13. The summed E-state index contributed by atoms with van der Waals surface area (Å²) < 4.78 is 0. The molecule has 1 heterocycles. The van der Waals surface area contributed by atoms with Crippen molar-refractivity contribution in [3.05, 3.63) is 0 Å². The molecule has 1 N–H and O–H groups in total. The minimum Gasteiger partial charge on any atom is -0.356 e. The van der Waals surface area contributed by atoms with E-state index in [9.17, 15) is 4.79 Å². The first-order chi connectivity index (χ1) is 5.20. The van der Waals surface area contributed by atoms with Crippen LogP contribution in [-0.2, 0) is 4.79 Å². The molecule has 0 aliphatic carbocycles. The summed E-state index contributed by atoms with van der Waals surface area (Å²) in [7, 11) is 0. The van der Waals surface area contributed by atoms with Crippen molar-refractivity contribution in [2.75, 3.05) is 6.54 Å². The van der Waals surface area contributed by atoms with Crippen molar-refractivity contribution in [3.63, 3.8) is 0 Å². The van der Waals surface area contributed by atoms with Gasteiger partial charge in [-0.15, -0.1) is 0 Å². The summed E-state index contributed by atoms with van der Waals surface area (Å²) in [5.74, 6) is 1.50. The van der Waals surface area contributed by atoms with Crippen LogP contribution in [-0.4, -0.2) is 12.5 Å². The van der Waals surface area contributed by atoms with E-state index >= 15 is 0 Å². The highest BCUT2D eigenvalue weighted by atomic mass is 16.1. The summed E-state index contributed by atoms with van der Waals surface area (Å²) in [6.07, 6.45) is 3.09. The number of carbonyl (C=O) groups is 1. The third-order valence-corrected chi connectivity index (χ3v) is 2.46. The van der Waals surface area contributed by atoms with Crippen LogP contribution in [0.2, 0.25) is 0 Å². The molecule has 1 fully saturated rings. The van der Waals surface area contributed by atoms with Gasteiger partial charge in [0.1, 0.15) is 0 Å². The zero-order valence-corrected chi connectivity index (χ0v) is 7.39. The molecule has 1 amide bonds. The summed E-state index contributed by atoms with van der Waals surface area (Å²) in [6.45, 7) is 5.27. The fourth-order valence-corrected chi connectivity index (χ4v) is 1.57. The third kappa shape index (κ3) is 2.52. The Morgan fingerprint density at radius 3 is 2.91 bits per heavy atom. The van der Waals surface area contributed by atoms with Gasteiger partial charge >= 0.3 is 0 Å². The van der Waals surface area contributed by atoms with Crippen LogP contribution in [0.25, 0.3) is 0 Å². The number of hydrogen-bond donors (Lipinski definition) is 1. The Hall–Kier alpha value is -0.530. The molecule has 0 aromatic carbocycles. The Morgan fingerprint density at radius 1 is 1.55 bits per heavy atom. The van der Waals surface area contributed by atoms with Crippen molar-refractivity contribution in [1.82, 2.24) is 5.32 Å². The Bertz CT molecular complexity index is 142. The molecule has 0 saturated carbocycles. The standard InChI is InChI=1S/C9H17NO/c1-7(2)8-4-3-5-10-9(11)6-8/h7-8H,3-6H2,1-2H3,(H,10,11). The molecule has 0 spiro atoms. The number of amides is 1. The maximum atomic E-state index is 11.1. The number of carbonyl (C=O) groups excluding carboxylic acids is 1. The van der Waals surface area contributed by atoms with Gasteiger partial charge in [0, 0.05) is 13.0 Å². The third-order valence-electron chi connectivity index (χ3n) is 2.46. The van der Waals surface area contributed by atoms with E-state index in [1.165, 1.54) is 6.42 Å². The van der Waals surface area contributed by atoms with E-state index < -0.39 is 0 Å². The van der Waals surface area contributed by atoms with Gasteiger partial charge in [-0.1, -0.05) is 13.8 Å². The molecular weight excluding hydrogens is 138 g/mol. The van der Waals surface area contributed by atoms with Crippen LogP contribution in [0.5, 0.6) is 0 Å². The van der Waals surface area contributed by atoms with Gasteiger partial charge in [-0.2, -0.15) is 0 Å². The van der Waals surface area contributed by atoms with Gasteiger partial charge in [-0.25, -0.2) is 0 Å². The predicted molar refractivity (Wildman–Crippen MR) is 45.2 cm³/mol. The first kappa shape index (κ1) is 8.57. The topological polar surface area (TPSA) is 29.1 Å². The minimum atomic E-state index is 0.237. The van der Waals surface area contributed by atoms with Crippen molar-refractivity contribution in [3.8, 4) is 0 Å². The predicted octanol–water partition coefficient (Wildman–Crippen LogP) is 1.56. The van der Waals surface area contributed by atoms with E-state index in [0.717, 1.165) is 19.4 Å². The van der Waals surface area contributed by atoms with Gasteiger partial charge in [0.2, 0.25) is 5.91 Å². The van der Waals surface area contributed by atoms with Crippen LogP contribution in [0.15, 0.2) is 0 Å². The molecule has 1 atom stereocenters. The zero-order chi connectivity index (χ0) is 8.27. The molecule has 64 valence electrons. The molecule has 1 rings (SSSR count). The molecule has 1 aliphatic rings. The van der Waals surface area contributed by atoms with Gasteiger partial charge in [0.05, 0.1) is 0 Å². The van der Waals surface area contributed by atoms with E-state index in [-0.39, 0.29) is 5.91 Å². The second kappa shape index (κ2) is 3.74. The fraction of sp³-hybridized carbons (Fsp3) is 0.889. The molecule has 0 aromatic rings. The Labute approximate surface area is 68.4 Å². The first-order valence-corrected chi connectivity index (χ1v) is 4.47. The van der Waals surface area contributed by atoms with Gasteiger partial charge in [-0.05, 0) is 24.7 Å². The largest absolute Gasteiger partial charge is 0.356 e. The van der Waals surface area contributed by atoms with Gasteiger partial charge in [0.15, 0.2) is 0 Å². The van der Waals surface area contributed by atoms with Crippen LogP contribution >= 0.6 is 0 Å². The molecule has 1 aliphatic heterocycles. The Kier molecular flexibility index (Phi) is 2.92. The fourth-order valence-electron chi connectivity index (χ4n) is 1.57. The number of nitrogens with one attached hydrogen (secondary N) is 1. The quantitative estimate of drug-likeness (QED) is 0.611. The highest BCUT2D eigenvalue weighted by molar-refractivity contribution is 5.76. The van der Waals surface area contributed by atoms with Crippen LogP contribution in [0, 0.1) is 11.8 Å². The van der Waals surface area contributed by atoms with E-state index in [1.807, 2.05) is 0 Å². The first-order valence-electron chi connectivity index (χ1n) is 4.47. The molecule has 0 bridgehead atoms. The van der Waals surface area contributed by atoms with Crippen LogP contribution in [0.1, 0.15) is 33.1 Å². The van der Waals surface area contributed by atoms with Crippen molar-refractivity contribution < 1.29 is 4.79 Å². The minimum absolute atomic E-state index is 0.237. The summed E-state index contributed by atoms with van der Waals surface area (Å²) in [5, 5.41) is 2.89. The van der Waals surface area contributed by atoms with Crippen LogP contribution < -0.4 is 5.32 Å². The lowest BCUT2D eigenvalue weighted by Crippen LogP contribution is -2.23. The van der Waals surface area contributed by atoms with Crippen molar-refractivity contribution in [1.29, 1.82) is 0 Å². The molecule has 11 heavy (non-hydrogen) atoms. The van der Waals surface area contributed by atoms with Gasteiger partial charge in [0.25, 0.3) is 0 Å². The Morgan fingerprint density at radius 2 is 2.27 bits per heavy atom. The van der Waals surface area contributed by atoms with E-state index in [1.54, 1.807) is 0 Å². The van der Waals surface area contributed by atoms with E-state index in [2.05, 4.69) is 19.2 Å². The summed E-state index contributed by atoms with van der Waals surface area (Å²) in [4.78, 5) is 11.1. The molecule has 1 unspecified atom stereocenters. The maximum Gasteiger partial charge on any atom is 0.220 e. The second-order valence-corrected chi connectivity index (χ2v) is 3.70. The lowest BCUT2D eigenvalue weighted by atomic mass is 9.89. The lowest BCUT2D eigenvalue weighted by molar-refractivity contribution is -0.121. The van der Waals surface area contributed by atoms with Crippen LogP contribution in [0.4, 0.5) is 0 Å². The van der Waals surface area contributed by atoms with Crippen molar-refractivity contribution in [2.24, 2.45) is 11.8 Å². The van der Waals surface area contributed by atoms with Gasteiger partial charge < -0.3 is 5.32 Å². The highest BCUT2D eigenvalue weighted by Gasteiger charge is 2.19. The zero-order valence-electron chi connectivity index (χ0n) is 7.39. The van der Waals surface area contributed by atoms with Crippen LogP contribution in [0.3, 0.4) is 0 Å². The summed E-state index contributed by atoms with van der Waals surface area (Å²) >= 11 is 0. The van der Waals surface area contributed by atoms with E-state index in [4.69, 9.17) is 0 Å². The molecule has 0 aromatic heterocycles. The molecule has 2 nitrogen and oxygen atoms in total. The Balaban J connectivity index is 2.45. The smallest absolute Gasteiger partial charge is 0.220 e. The van der Waals surface area contributed by atoms with Crippen molar-refractivity contribution >= 4 is 5.91 Å². The monoisotopic (exact) mass is 155 g/mol. The lowest BCUT2D eigenvalue weighted by Gasteiger charge is -2.16. The molecule has 1 saturated heterocycles. The molecular formula is C9H17NO. The second-order valence-electron chi connectivity index (χ2n) is 3.70. The maximum absolute atomic E-state index is 11.1. The highest BCUT2D eigenvalue weighted by Crippen LogP contribution is 2.22. The summed E-state index contributed by atoms with van der Waals surface area (Å²) in [6, 6.07) is 0. The summed E-state index contributed by atoms with van der Waals surface area (Å²) in [5.41, 5.74) is 0. The SMILES string of the molecule is CC(C)C1CCCNC(=O)C1. The number of rotatable bonds is 1. The average molecular weight is 155 g/mol. The van der Waals surface area contributed by atoms with Gasteiger partial charge in [-0.3, -0.25) is 4.79 Å². The number of hydrogen-bond acceptors (Lipinski definition) is 1. The molecule has 0 radical (unpaired) electrons. The molecule has 2 heteroatoms.